The van der Waals surface area contributed by atoms with Gasteiger partial charge in [-0.3, -0.25) is 4.79 Å². The first kappa shape index (κ1) is 26.8. The Labute approximate surface area is 237 Å². The minimum Gasteiger partial charge on any atom is -0.493 e. The third kappa shape index (κ3) is 6.46. The van der Waals surface area contributed by atoms with Crippen molar-refractivity contribution in [2.75, 3.05) is 31.0 Å². The number of thioether (sulfide) groups is 1. The molecule has 1 aliphatic rings. The number of nitrogens with one attached hydrogen (secondary N) is 1. The normalized spacial score (nSPS) is 12.6. The zero-order chi connectivity index (χ0) is 27.4. The Balaban J connectivity index is 1.23. The summed E-state index contributed by atoms with van der Waals surface area (Å²) in [5, 5.41) is 3.94. The number of methoxy groups -OCH3 is 2. The van der Waals surface area contributed by atoms with E-state index in [1.807, 2.05) is 61.5 Å². The average Bonchev–Trinajstić information content (AvgIpc) is 2.96. The summed E-state index contributed by atoms with van der Waals surface area (Å²) in [6.45, 7) is 3.52. The van der Waals surface area contributed by atoms with Gasteiger partial charge in [-0.2, -0.15) is 0 Å². The van der Waals surface area contributed by atoms with Crippen LogP contribution in [0.3, 0.4) is 0 Å². The van der Waals surface area contributed by atoms with Crippen molar-refractivity contribution in [1.29, 1.82) is 0 Å². The number of halogens is 1. The van der Waals surface area contributed by atoms with Gasteiger partial charge in [-0.15, -0.1) is 0 Å². The molecule has 3 aromatic carbocycles. The summed E-state index contributed by atoms with van der Waals surface area (Å²) in [5.74, 6) is 2.77. The molecule has 0 radical (unpaired) electrons. The molecule has 9 heteroatoms. The van der Waals surface area contributed by atoms with Crippen LogP contribution < -0.4 is 19.7 Å². The Morgan fingerprint density at radius 2 is 1.67 bits per heavy atom. The van der Waals surface area contributed by atoms with Gasteiger partial charge in [0.05, 0.1) is 14.2 Å². The number of hydrogen-bond donors (Lipinski definition) is 1. The molecule has 1 aromatic heterocycles. The van der Waals surface area contributed by atoms with Crippen molar-refractivity contribution >= 4 is 40.8 Å². The van der Waals surface area contributed by atoms with E-state index >= 15 is 0 Å². The molecule has 2 heterocycles. The van der Waals surface area contributed by atoms with Crippen molar-refractivity contribution in [3.8, 4) is 11.5 Å². The summed E-state index contributed by atoms with van der Waals surface area (Å²) in [6.07, 6.45) is 0.865. The number of nitrogens with zero attached hydrogens (tertiary/aromatic N) is 3. The molecule has 1 N–H and O–H groups in total. The van der Waals surface area contributed by atoms with Gasteiger partial charge in [0.2, 0.25) is 0 Å². The number of hydrogen-bond acceptors (Lipinski definition) is 7. The molecule has 0 unspecified atom stereocenters. The maximum Gasteiger partial charge on any atom is 0.255 e. The number of carbonyl (C=O) groups excluding carboxylic acids is 1. The summed E-state index contributed by atoms with van der Waals surface area (Å²) < 4.78 is 10.9. The van der Waals surface area contributed by atoms with E-state index in [0.29, 0.717) is 33.9 Å². The van der Waals surface area contributed by atoms with E-state index in [1.54, 1.807) is 20.3 Å². The zero-order valence-corrected chi connectivity index (χ0v) is 23.6. The third-order valence-corrected chi connectivity index (χ3v) is 7.71. The maximum absolute atomic E-state index is 12.6. The second-order valence-corrected chi connectivity index (χ2v) is 10.6. The van der Waals surface area contributed by atoms with Crippen molar-refractivity contribution < 1.29 is 14.3 Å². The number of ether oxygens (including phenoxy) is 2. The van der Waals surface area contributed by atoms with Gasteiger partial charge in [-0.25, -0.2) is 9.97 Å². The number of rotatable bonds is 8. The van der Waals surface area contributed by atoms with E-state index in [2.05, 4.69) is 21.3 Å². The second kappa shape index (κ2) is 12.0. The van der Waals surface area contributed by atoms with Crippen LogP contribution in [0.1, 0.15) is 32.6 Å². The van der Waals surface area contributed by atoms with Crippen LogP contribution in [-0.4, -0.2) is 36.6 Å². The van der Waals surface area contributed by atoms with Gasteiger partial charge in [-0.1, -0.05) is 53.2 Å². The third-order valence-electron chi connectivity index (χ3n) is 6.60. The van der Waals surface area contributed by atoms with Gasteiger partial charge in [-0.05, 0) is 66.4 Å². The highest BCUT2D eigenvalue weighted by molar-refractivity contribution is 7.98. The molecule has 39 heavy (non-hydrogen) atoms. The van der Waals surface area contributed by atoms with E-state index < -0.39 is 0 Å². The van der Waals surface area contributed by atoms with Gasteiger partial charge in [0, 0.05) is 36.2 Å². The summed E-state index contributed by atoms with van der Waals surface area (Å²) in [6, 6.07) is 21.2. The monoisotopic (exact) mass is 560 g/mol. The lowest BCUT2D eigenvalue weighted by Gasteiger charge is -2.30. The summed E-state index contributed by atoms with van der Waals surface area (Å²) >= 11 is 7.91. The van der Waals surface area contributed by atoms with Crippen LogP contribution in [0.25, 0.3) is 0 Å². The Morgan fingerprint density at radius 3 is 2.36 bits per heavy atom. The van der Waals surface area contributed by atoms with Gasteiger partial charge in [0.1, 0.15) is 11.0 Å². The number of aryl methyl sites for hydroxylation is 1. The molecule has 0 spiro atoms. The van der Waals surface area contributed by atoms with E-state index in [9.17, 15) is 4.79 Å². The molecule has 1 amide bonds. The van der Waals surface area contributed by atoms with Crippen molar-refractivity contribution in [2.45, 2.75) is 30.8 Å². The van der Waals surface area contributed by atoms with Crippen LogP contribution >= 0.6 is 23.4 Å². The lowest BCUT2D eigenvalue weighted by Crippen LogP contribution is -2.31. The highest BCUT2D eigenvalue weighted by Crippen LogP contribution is 2.35. The van der Waals surface area contributed by atoms with Crippen LogP contribution in [0, 0.1) is 6.92 Å². The number of fused-ring (bicyclic) bond motifs is 1. The topological polar surface area (TPSA) is 76.6 Å². The molecule has 0 saturated carbocycles. The molecule has 7 nitrogen and oxygen atoms in total. The lowest BCUT2D eigenvalue weighted by molar-refractivity contribution is 0.102. The SMILES string of the molecule is COc1cc2c(cc1OC)CN(c1cc(Cl)nc(SCc3ccc(C(=O)Nc4ccc(C)cc4)cc3)n1)CC2. The van der Waals surface area contributed by atoms with E-state index in [1.165, 1.54) is 22.9 Å². The predicted octanol–water partition coefficient (Wildman–Crippen LogP) is 6.56. The number of benzene rings is 3. The highest BCUT2D eigenvalue weighted by atomic mass is 35.5. The molecule has 0 atom stereocenters. The summed E-state index contributed by atoms with van der Waals surface area (Å²) in [4.78, 5) is 24.0. The second-order valence-electron chi connectivity index (χ2n) is 9.28. The van der Waals surface area contributed by atoms with Crippen LogP contribution in [0.5, 0.6) is 11.5 Å². The van der Waals surface area contributed by atoms with Gasteiger partial charge in [0.15, 0.2) is 16.7 Å². The first-order chi connectivity index (χ1) is 18.9. The number of carbonyl (C=O) groups is 1. The number of amides is 1. The number of aromatic nitrogens is 2. The highest BCUT2D eigenvalue weighted by Gasteiger charge is 2.21. The van der Waals surface area contributed by atoms with E-state index in [0.717, 1.165) is 41.3 Å². The molecular weight excluding hydrogens is 532 g/mol. The maximum atomic E-state index is 12.6. The van der Waals surface area contributed by atoms with Crippen LogP contribution in [-0.2, 0) is 18.7 Å². The quantitative estimate of drug-likeness (QED) is 0.148. The Bertz CT molecular complexity index is 1480. The molecule has 0 aliphatic carbocycles. The largest absolute Gasteiger partial charge is 0.493 e. The minimum atomic E-state index is -0.139. The predicted molar refractivity (Wildman–Crippen MR) is 156 cm³/mol. The molecule has 200 valence electrons. The fraction of sp³-hybridized carbons (Fsp3) is 0.233. The Hall–Kier alpha value is -3.75. The fourth-order valence-electron chi connectivity index (χ4n) is 4.43. The number of anilines is 2. The minimum absolute atomic E-state index is 0.139. The molecule has 1 aliphatic heterocycles. The first-order valence-electron chi connectivity index (χ1n) is 12.5. The average molecular weight is 561 g/mol. The van der Waals surface area contributed by atoms with Gasteiger partial charge < -0.3 is 19.7 Å². The fourth-order valence-corrected chi connectivity index (χ4v) is 5.47. The molecule has 4 aromatic rings. The van der Waals surface area contributed by atoms with Crippen molar-refractivity contribution in [1.82, 2.24) is 9.97 Å². The van der Waals surface area contributed by atoms with Crippen LogP contribution in [0.2, 0.25) is 5.15 Å². The zero-order valence-electron chi connectivity index (χ0n) is 22.0. The van der Waals surface area contributed by atoms with Crippen molar-refractivity contribution in [3.05, 3.63) is 99.7 Å². The van der Waals surface area contributed by atoms with Crippen molar-refractivity contribution in [2.24, 2.45) is 0 Å². The Kier molecular flexibility index (Phi) is 8.24. The van der Waals surface area contributed by atoms with Crippen LogP contribution in [0.15, 0.2) is 71.9 Å². The van der Waals surface area contributed by atoms with Gasteiger partial charge in [0.25, 0.3) is 5.91 Å². The standard InChI is InChI=1S/C30H29ClN4O3S/c1-19-4-10-24(11-5-19)32-29(36)21-8-6-20(7-9-21)18-39-30-33-27(31)16-28(34-30)35-13-12-22-14-25(37-2)26(38-3)15-23(22)17-35/h4-11,14-16H,12-13,17-18H2,1-3H3,(H,32,36). The lowest BCUT2D eigenvalue weighted by atomic mass is 9.99. The smallest absolute Gasteiger partial charge is 0.255 e. The van der Waals surface area contributed by atoms with Crippen LogP contribution in [0.4, 0.5) is 11.5 Å². The molecule has 0 fully saturated rings. The molecular formula is C30H29ClN4O3S. The molecule has 0 bridgehead atoms. The summed E-state index contributed by atoms with van der Waals surface area (Å²) in [5.41, 5.74) is 6.00. The molecule has 0 saturated heterocycles. The summed E-state index contributed by atoms with van der Waals surface area (Å²) in [7, 11) is 3.30. The first-order valence-corrected chi connectivity index (χ1v) is 13.9. The van der Waals surface area contributed by atoms with E-state index in [-0.39, 0.29) is 5.91 Å². The van der Waals surface area contributed by atoms with Gasteiger partial charge >= 0.3 is 0 Å². The molecule has 5 rings (SSSR count). The Morgan fingerprint density at radius 1 is 0.974 bits per heavy atom. The van der Waals surface area contributed by atoms with E-state index in [4.69, 9.17) is 26.1 Å². The van der Waals surface area contributed by atoms with Crippen molar-refractivity contribution in [3.63, 3.8) is 0 Å².